The Hall–Kier alpha value is -0.270. The molecule has 0 aliphatic carbocycles. The van der Waals surface area contributed by atoms with Crippen molar-refractivity contribution in [3.05, 3.63) is 22.4 Å². The summed E-state index contributed by atoms with van der Waals surface area (Å²) in [4.78, 5) is 0.678. The number of halogens is 2. The molecule has 0 aromatic heterocycles. The Morgan fingerprint density at radius 2 is 2.12 bits per heavy atom. The fourth-order valence-electron chi connectivity index (χ4n) is 0.972. The summed E-state index contributed by atoms with van der Waals surface area (Å²) in [5, 5.41) is 0. The van der Waals surface area contributed by atoms with E-state index >= 15 is 0 Å². The van der Waals surface area contributed by atoms with Gasteiger partial charge in [-0.05, 0) is 28.1 Å². The number of benzene rings is 1. The summed E-state index contributed by atoms with van der Waals surface area (Å²) in [5.74, 6) is 0.0534. The summed E-state index contributed by atoms with van der Waals surface area (Å²) in [6, 6.07) is 2.77. The van der Waals surface area contributed by atoms with E-state index in [0.29, 0.717) is 20.8 Å². The molecule has 1 aromatic rings. The van der Waals surface area contributed by atoms with Crippen LogP contribution >= 0.6 is 27.7 Å². The second kappa shape index (κ2) is 5.37. The molecule has 0 fully saturated rings. The van der Waals surface area contributed by atoms with Gasteiger partial charge < -0.3 is 5.73 Å². The number of hydrogen-bond donors (Lipinski definition) is 1. The first-order valence-electron chi connectivity index (χ1n) is 4.34. The number of anilines is 1. The molecule has 0 radical (unpaired) electrons. The quantitative estimate of drug-likeness (QED) is 0.681. The van der Waals surface area contributed by atoms with Crippen LogP contribution < -0.4 is 5.73 Å². The maximum Gasteiger partial charge on any atom is 0.148 e. The van der Waals surface area contributed by atoms with Crippen LogP contribution in [0.15, 0.2) is 21.5 Å². The van der Waals surface area contributed by atoms with Crippen LogP contribution in [0.4, 0.5) is 10.1 Å². The van der Waals surface area contributed by atoms with E-state index in [0.717, 1.165) is 0 Å². The lowest BCUT2D eigenvalue weighted by atomic mass is 10.3. The summed E-state index contributed by atoms with van der Waals surface area (Å²) in [6.07, 6.45) is 1.18. The summed E-state index contributed by atoms with van der Waals surface area (Å²) in [5.41, 5.74) is 5.93. The van der Waals surface area contributed by atoms with Gasteiger partial charge in [0.15, 0.2) is 0 Å². The minimum absolute atomic E-state index is 0.0755. The van der Waals surface area contributed by atoms with Crippen molar-refractivity contribution >= 4 is 43.2 Å². The number of nitrogens with two attached hydrogens (primary N) is 1. The average molecular weight is 328 g/mol. The van der Waals surface area contributed by atoms with Crippen molar-refractivity contribution in [2.24, 2.45) is 0 Å². The van der Waals surface area contributed by atoms with Crippen molar-refractivity contribution < 1.29 is 12.8 Å². The first-order valence-corrected chi connectivity index (χ1v) is 8.18. The van der Waals surface area contributed by atoms with Crippen molar-refractivity contribution in [2.45, 2.75) is 4.90 Å². The highest BCUT2D eigenvalue weighted by Gasteiger charge is 2.08. The molecule has 0 saturated heterocycles. The van der Waals surface area contributed by atoms with Gasteiger partial charge in [0.2, 0.25) is 0 Å². The Balaban J connectivity index is 2.71. The van der Waals surface area contributed by atoms with Gasteiger partial charge in [0, 0.05) is 22.6 Å². The van der Waals surface area contributed by atoms with Crippen LogP contribution in [-0.2, 0) is 9.84 Å². The van der Waals surface area contributed by atoms with Crippen molar-refractivity contribution in [1.29, 1.82) is 0 Å². The largest absolute Gasteiger partial charge is 0.398 e. The zero-order chi connectivity index (χ0) is 12.3. The molecule has 0 bridgehead atoms. The molecule has 0 spiro atoms. The molecule has 90 valence electrons. The van der Waals surface area contributed by atoms with E-state index in [1.54, 1.807) is 6.07 Å². The Bertz CT molecular complexity index is 491. The molecule has 0 atom stereocenters. The minimum atomic E-state index is -2.97. The molecule has 7 heteroatoms. The fraction of sp³-hybridized carbons (Fsp3) is 0.333. The minimum Gasteiger partial charge on any atom is -0.398 e. The molecule has 0 heterocycles. The number of sulfone groups is 1. The zero-order valence-corrected chi connectivity index (χ0v) is 11.8. The maximum absolute atomic E-state index is 13.0. The van der Waals surface area contributed by atoms with Gasteiger partial charge in [-0.15, -0.1) is 11.8 Å². The first kappa shape index (κ1) is 13.8. The van der Waals surface area contributed by atoms with Crippen LogP contribution in [0.25, 0.3) is 0 Å². The number of nitrogen functional groups attached to an aromatic ring is 1. The van der Waals surface area contributed by atoms with Gasteiger partial charge in [0.05, 0.1) is 10.2 Å². The Morgan fingerprint density at radius 1 is 1.50 bits per heavy atom. The van der Waals surface area contributed by atoms with Gasteiger partial charge in [-0.3, -0.25) is 0 Å². The average Bonchev–Trinajstić information content (AvgIpc) is 2.11. The lowest BCUT2D eigenvalue weighted by molar-refractivity contribution is 0.603. The van der Waals surface area contributed by atoms with E-state index in [2.05, 4.69) is 15.9 Å². The second-order valence-corrected chi connectivity index (χ2v) is 7.53. The highest BCUT2D eigenvalue weighted by molar-refractivity contribution is 9.10. The summed E-state index contributed by atoms with van der Waals surface area (Å²) >= 11 is 4.35. The molecule has 3 nitrogen and oxygen atoms in total. The maximum atomic E-state index is 13.0. The Kier molecular flexibility index (Phi) is 4.63. The molecule has 1 rings (SSSR count). The molecular formula is C9H11BrFNO2S2. The number of rotatable bonds is 4. The normalized spacial score (nSPS) is 11.7. The van der Waals surface area contributed by atoms with Gasteiger partial charge in [0.1, 0.15) is 15.7 Å². The molecule has 2 N–H and O–H groups in total. The van der Waals surface area contributed by atoms with Crippen LogP contribution in [0.5, 0.6) is 0 Å². The molecule has 0 aliphatic heterocycles. The lowest BCUT2D eigenvalue weighted by Crippen LogP contribution is -2.05. The monoisotopic (exact) mass is 327 g/mol. The molecule has 0 aliphatic rings. The van der Waals surface area contributed by atoms with Crippen LogP contribution in [0, 0.1) is 5.82 Å². The summed E-state index contributed by atoms with van der Waals surface area (Å²) in [6.45, 7) is 0. The van der Waals surface area contributed by atoms with Gasteiger partial charge in [-0.2, -0.15) is 0 Å². The molecule has 16 heavy (non-hydrogen) atoms. The molecular weight excluding hydrogens is 317 g/mol. The van der Waals surface area contributed by atoms with E-state index in [1.165, 1.54) is 24.1 Å². The van der Waals surface area contributed by atoms with Gasteiger partial charge >= 0.3 is 0 Å². The van der Waals surface area contributed by atoms with Gasteiger partial charge in [-0.25, -0.2) is 12.8 Å². The fourth-order valence-corrected chi connectivity index (χ4v) is 3.66. The van der Waals surface area contributed by atoms with Crippen LogP contribution in [0.1, 0.15) is 0 Å². The van der Waals surface area contributed by atoms with Crippen LogP contribution in [0.3, 0.4) is 0 Å². The number of thioether (sulfide) groups is 1. The van der Waals surface area contributed by atoms with Crippen molar-refractivity contribution in [2.75, 3.05) is 23.5 Å². The second-order valence-electron chi connectivity index (χ2n) is 3.28. The predicted molar refractivity (Wildman–Crippen MR) is 68.9 cm³/mol. The molecule has 1 aromatic carbocycles. The smallest absolute Gasteiger partial charge is 0.148 e. The summed E-state index contributed by atoms with van der Waals surface area (Å²) in [7, 11) is -2.97. The van der Waals surface area contributed by atoms with E-state index in [9.17, 15) is 12.8 Å². The van der Waals surface area contributed by atoms with Gasteiger partial charge in [-0.1, -0.05) is 0 Å². The van der Waals surface area contributed by atoms with Crippen molar-refractivity contribution in [1.82, 2.24) is 0 Å². The lowest BCUT2D eigenvalue weighted by Gasteiger charge is -2.06. The summed E-state index contributed by atoms with van der Waals surface area (Å²) < 4.78 is 35.2. The first-order chi connectivity index (χ1) is 7.29. The van der Waals surface area contributed by atoms with E-state index in [4.69, 9.17) is 5.73 Å². The predicted octanol–water partition coefficient (Wildman–Crippen LogP) is 2.31. The molecule has 0 unspecified atom stereocenters. The third-order valence-electron chi connectivity index (χ3n) is 1.76. The molecule has 0 amide bonds. The Morgan fingerprint density at radius 3 is 2.69 bits per heavy atom. The third-order valence-corrected chi connectivity index (χ3v) is 4.65. The highest BCUT2D eigenvalue weighted by Crippen LogP contribution is 2.30. The Labute approximate surface area is 107 Å². The topological polar surface area (TPSA) is 60.2 Å². The van der Waals surface area contributed by atoms with Crippen LogP contribution in [-0.4, -0.2) is 26.2 Å². The van der Waals surface area contributed by atoms with Gasteiger partial charge in [0.25, 0.3) is 0 Å². The van der Waals surface area contributed by atoms with E-state index in [1.807, 2.05) is 0 Å². The van der Waals surface area contributed by atoms with Crippen molar-refractivity contribution in [3.8, 4) is 0 Å². The van der Waals surface area contributed by atoms with E-state index < -0.39 is 15.7 Å². The van der Waals surface area contributed by atoms with Crippen molar-refractivity contribution in [3.63, 3.8) is 0 Å². The highest BCUT2D eigenvalue weighted by atomic mass is 79.9. The number of hydrogen-bond acceptors (Lipinski definition) is 4. The third kappa shape index (κ3) is 4.31. The van der Waals surface area contributed by atoms with E-state index in [-0.39, 0.29) is 5.75 Å². The molecule has 0 saturated carbocycles. The van der Waals surface area contributed by atoms with Crippen LogP contribution in [0.2, 0.25) is 0 Å². The standard InChI is InChI=1S/C9H11BrFNO2S2/c1-16(13,14)3-2-15-9-4-6(10)7(11)5-8(9)12/h4-5H,2-3,12H2,1H3. The zero-order valence-electron chi connectivity index (χ0n) is 8.54. The SMILES string of the molecule is CS(=O)(=O)CCSc1cc(Br)c(F)cc1N.